The molecule has 0 bridgehead atoms. The van der Waals surface area contributed by atoms with Gasteiger partial charge in [0.2, 0.25) is 5.91 Å². The Hall–Kier alpha value is -2.61. The maximum atomic E-state index is 12.2. The van der Waals surface area contributed by atoms with E-state index in [-0.39, 0.29) is 24.5 Å². The number of hydrogen-bond acceptors (Lipinski definition) is 5. The molecule has 0 unspecified atom stereocenters. The number of anilines is 1. The van der Waals surface area contributed by atoms with Crippen molar-refractivity contribution in [2.75, 3.05) is 38.1 Å². The van der Waals surface area contributed by atoms with Crippen molar-refractivity contribution in [1.29, 1.82) is 0 Å². The minimum atomic E-state index is -0.404. The number of hydrazine groups is 1. The topological polar surface area (TPSA) is 93.8 Å². The molecule has 0 radical (unpaired) electrons. The zero-order valence-corrected chi connectivity index (χ0v) is 17.8. The quantitative estimate of drug-likeness (QED) is 0.578. The van der Waals surface area contributed by atoms with Crippen LogP contribution >= 0.6 is 0 Å². The highest BCUT2D eigenvalue weighted by atomic mass is 16.2. The van der Waals surface area contributed by atoms with Crippen LogP contribution in [0.5, 0.6) is 0 Å². The smallest absolute Gasteiger partial charge is 0.269 e. The summed E-state index contributed by atoms with van der Waals surface area (Å²) in [6, 6.07) is 7.20. The van der Waals surface area contributed by atoms with Crippen LogP contribution in [-0.2, 0) is 9.59 Å². The molecule has 1 rings (SSSR count). The van der Waals surface area contributed by atoms with Crippen LogP contribution in [0.15, 0.2) is 24.3 Å². The summed E-state index contributed by atoms with van der Waals surface area (Å²) in [5, 5.41) is 2.83. The van der Waals surface area contributed by atoms with E-state index >= 15 is 0 Å². The number of benzene rings is 1. The van der Waals surface area contributed by atoms with Crippen LogP contribution in [0.4, 0.5) is 5.69 Å². The Bertz CT molecular complexity index is 663. The van der Waals surface area contributed by atoms with Gasteiger partial charge in [-0.15, -0.1) is 0 Å². The lowest BCUT2D eigenvalue weighted by molar-refractivity contribution is -0.125. The number of hydrogen-bond donors (Lipinski definition) is 3. The van der Waals surface area contributed by atoms with E-state index in [1.165, 1.54) is 0 Å². The normalized spacial score (nSPS) is 11.1. The molecule has 3 amide bonds. The summed E-state index contributed by atoms with van der Waals surface area (Å²) >= 11 is 0. The molecule has 0 fully saturated rings. The van der Waals surface area contributed by atoms with Crippen molar-refractivity contribution in [2.24, 2.45) is 0 Å². The van der Waals surface area contributed by atoms with Gasteiger partial charge in [0.15, 0.2) is 0 Å². The summed E-state index contributed by atoms with van der Waals surface area (Å²) in [6.45, 7) is 11.7. The zero-order chi connectivity index (χ0) is 21.3. The van der Waals surface area contributed by atoms with Crippen LogP contribution in [-0.4, -0.2) is 61.4 Å². The van der Waals surface area contributed by atoms with Gasteiger partial charge in [-0.1, -0.05) is 0 Å². The minimum Gasteiger partial charge on any atom is -0.372 e. The van der Waals surface area contributed by atoms with E-state index in [2.05, 4.69) is 34.9 Å². The molecule has 1 aromatic carbocycles. The number of nitrogens with zero attached hydrogens (tertiary/aromatic N) is 2. The van der Waals surface area contributed by atoms with Crippen LogP contribution in [0.3, 0.4) is 0 Å². The second kappa shape index (κ2) is 10.7. The van der Waals surface area contributed by atoms with Crippen molar-refractivity contribution in [1.82, 2.24) is 21.1 Å². The number of likely N-dealkylation sites (N-methyl/N-ethyl adjacent to an activating group) is 1. The number of carbonyl (C=O) groups is 3. The van der Waals surface area contributed by atoms with Crippen molar-refractivity contribution in [2.45, 2.75) is 40.2 Å². The molecule has 3 N–H and O–H groups in total. The van der Waals surface area contributed by atoms with Crippen LogP contribution in [0.1, 0.15) is 45.0 Å². The van der Waals surface area contributed by atoms with E-state index in [1.807, 2.05) is 32.9 Å². The van der Waals surface area contributed by atoms with Gasteiger partial charge in [0.25, 0.3) is 11.8 Å². The van der Waals surface area contributed by atoms with E-state index in [9.17, 15) is 14.4 Å². The predicted octanol–water partition coefficient (Wildman–Crippen LogP) is 1.14. The SMILES string of the molecule is CCN(CC)c1ccc(C(=O)NNC(=O)CN(C)CC(=O)NC(C)(C)C)cc1. The lowest BCUT2D eigenvalue weighted by Gasteiger charge is -2.23. The van der Waals surface area contributed by atoms with Gasteiger partial charge >= 0.3 is 0 Å². The maximum Gasteiger partial charge on any atom is 0.269 e. The van der Waals surface area contributed by atoms with Crippen molar-refractivity contribution < 1.29 is 14.4 Å². The fraction of sp³-hybridized carbons (Fsp3) is 0.550. The second-order valence-electron chi connectivity index (χ2n) is 7.69. The van der Waals surface area contributed by atoms with Crippen LogP contribution in [0.25, 0.3) is 0 Å². The van der Waals surface area contributed by atoms with Gasteiger partial charge in [0, 0.05) is 29.9 Å². The lowest BCUT2D eigenvalue weighted by Crippen LogP contribution is -2.49. The van der Waals surface area contributed by atoms with Crippen LogP contribution in [0, 0.1) is 0 Å². The Kier molecular flexibility index (Phi) is 8.91. The Morgan fingerprint density at radius 3 is 1.93 bits per heavy atom. The molecule has 0 spiro atoms. The third kappa shape index (κ3) is 8.39. The molecule has 0 atom stereocenters. The Labute approximate surface area is 167 Å². The van der Waals surface area contributed by atoms with E-state index in [1.54, 1.807) is 24.1 Å². The molecule has 8 nitrogen and oxygen atoms in total. The van der Waals surface area contributed by atoms with Crippen LogP contribution < -0.4 is 21.1 Å². The number of amides is 3. The van der Waals surface area contributed by atoms with Crippen molar-refractivity contribution in [3.05, 3.63) is 29.8 Å². The third-order valence-corrected chi connectivity index (χ3v) is 3.92. The van der Waals surface area contributed by atoms with Gasteiger partial charge in [-0.2, -0.15) is 0 Å². The molecule has 0 aliphatic rings. The molecule has 156 valence electrons. The van der Waals surface area contributed by atoms with Gasteiger partial charge < -0.3 is 10.2 Å². The standard InChI is InChI=1S/C20H33N5O3/c1-7-25(8-2)16-11-9-15(10-12-16)19(28)23-22-18(27)14-24(6)13-17(26)21-20(3,4)5/h9-12H,7-8,13-14H2,1-6H3,(H,21,26)(H,22,27)(H,23,28). The lowest BCUT2D eigenvalue weighted by atomic mass is 10.1. The molecule has 0 saturated carbocycles. The predicted molar refractivity (Wildman–Crippen MR) is 111 cm³/mol. The molecule has 0 aliphatic heterocycles. The Balaban J connectivity index is 2.45. The summed E-state index contributed by atoms with van der Waals surface area (Å²) in [4.78, 5) is 39.8. The average Bonchev–Trinajstić information content (AvgIpc) is 2.59. The molecule has 0 aliphatic carbocycles. The van der Waals surface area contributed by atoms with Crippen molar-refractivity contribution in [3.8, 4) is 0 Å². The first-order valence-corrected chi connectivity index (χ1v) is 9.49. The first kappa shape index (κ1) is 23.4. The maximum absolute atomic E-state index is 12.2. The van der Waals surface area contributed by atoms with Gasteiger partial charge in [0.1, 0.15) is 0 Å². The summed E-state index contributed by atoms with van der Waals surface area (Å²) in [5.74, 6) is -0.966. The fourth-order valence-electron chi connectivity index (χ4n) is 2.65. The molecular weight excluding hydrogens is 358 g/mol. The molecule has 0 heterocycles. The minimum absolute atomic E-state index is 0.0151. The molecular formula is C20H33N5O3. The number of carbonyl (C=O) groups excluding carboxylic acids is 3. The molecule has 8 heteroatoms. The highest BCUT2D eigenvalue weighted by Crippen LogP contribution is 2.14. The molecule has 0 aromatic heterocycles. The number of rotatable bonds is 8. The Morgan fingerprint density at radius 1 is 0.893 bits per heavy atom. The van der Waals surface area contributed by atoms with Gasteiger partial charge in [-0.3, -0.25) is 30.1 Å². The zero-order valence-electron chi connectivity index (χ0n) is 17.8. The highest BCUT2D eigenvalue weighted by molar-refractivity contribution is 5.95. The monoisotopic (exact) mass is 391 g/mol. The summed E-state index contributed by atoms with van der Waals surface area (Å²) in [5.41, 5.74) is 5.93. The Morgan fingerprint density at radius 2 is 1.43 bits per heavy atom. The summed E-state index contributed by atoms with van der Waals surface area (Å²) in [6.07, 6.45) is 0. The van der Waals surface area contributed by atoms with E-state index in [4.69, 9.17) is 0 Å². The highest BCUT2D eigenvalue weighted by Gasteiger charge is 2.16. The first-order valence-electron chi connectivity index (χ1n) is 9.49. The number of nitrogens with one attached hydrogen (secondary N) is 3. The van der Waals surface area contributed by atoms with Crippen LogP contribution in [0.2, 0.25) is 0 Å². The average molecular weight is 392 g/mol. The summed E-state index contributed by atoms with van der Waals surface area (Å²) in [7, 11) is 1.66. The third-order valence-electron chi connectivity index (χ3n) is 3.92. The second-order valence-corrected chi connectivity index (χ2v) is 7.69. The summed E-state index contributed by atoms with van der Waals surface area (Å²) < 4.78 is 0. The van der Waals surface area contributed by atoms with E-state index in [0.29, 0.717) is 5.56 Å². The first-order chi connectivity index (χ1) is 13.1. The van der Waals surface area contributed by atoms with E-state index in [0.717, 1.165) is 18.8 Å². The largest absolute Gasteiger partial charge is 0.372 e. The van der Waals surface area contributed by atoms with Gasteiger partial charge in [-0.05, 0) is 65.9 Å². The van der Waals surface area contributed by atoms with Crippen molar-refractivity contribution in [3.63, 3.8) is 0 Å². The van der Waals surface area contributed by atoms with E-state index < -0.39 is 11.8 Å². The molecule has 0 saturated heterocycles. The van der Waals surface area contributed by atoms with Crippen molar-refractivity contribution >= 4 is 23.4 Å². The van der Waals surface area contributed by atoms with Gasteiger partial charge in [0.05, 0.1) is 13.1 Å². The molecule has 1 aromatic rings. The van der Waals surface area contributed by atoms with Gasteiger partial charge in [-0.25, -0.2) is 0 Å². The molecule has 28 heavy (non-hydrogen) atoms. The fourth-order valence-corrected chi connectivity index (χ4v) is 2.65.